The fourth-order valence-corrected chi connectivity index (χ4v) is 2.64. The molecule has 98 valence electrons. The average Bonchev–Trinajstić information content (AvgIpc) is 2.82. The van der Waals surface area contributed by atoms with E-state index in [-0.39, 0.29) is 12.4 Å². The maximum atomic E-state index is 5.79. The molecule has 1 atom stereocenters. The lowest BCUT2D eigenvalue weighted by Gasteiger charge is -2.19. The highest BCUT2D eigenvalue weighted by atomic mass is 35.5. The fourth-order valence-electron chi connectivity index (χ4n) is 2.64. The number of ether oxygens (including phenoxy) is 1. The Balaban J connectivity index is 0.00000120. The molecule has 0 spiro atoms. The topological polar surface area (TPSA) is 51.0 Å². The summed E-state index contributed by atoms with van der Waals surface area (Å²) >= 11 is 0. The summed E-state index contributed by atoms with van der Waals surface area (Å²) in [6.07, 6.45) is 4.31. The maximum Gasteiger partial charge on any atom is 0.123 e. The number of benzene rings is 1. The number of halogens is 1. The van der Waals surface area contributed by atoms with Gasteiger partial charge in [0.05, 0.1) is 6.61 Å². The molecular formula is C14H19ClN2O. The van der Waals surface area contributed by atoms with Crippen molar-refractivity contribution in [1.82, 2.24) is 4.98 Å². The van der Waals surface area contributed by atoms with Crippen molar-refractivity contribution < 1.29 is 4.74 Å². The van der Waals surface area contributed by atoms with Gasteiger partial charge in [-0.1, -0.05) is 6.92 Å². The molecule has 0 aliphatic carbocycles. The van der Waals surface area contributed by atoms with Gasteiger partial charge in [0.1, 0.15) is 5.75 Å². The number of aromatic nitrogens is 1. The third kappa shape index (κ3) is 1.98. The van der Waals surface area contributed by atoms with Gasteiger partial charge < -0.3 is 15.5 Å². The van der Waals surface area contributed by atoms with Crippen molar-refractivity contribution in [2.45, 2.75) is 25.7 Å². The molecule has 1 unspecified atom stereocenters. The van der Waals surface area contributed by atoms with Crippen LogP contribution in [-0.4, -0.2) is 18.1 Å². The lowest BCUT2D eigenvalue weighted by molar-refractivity contribution is 0.289. The van der Waals surface area contributed by atoms with Crippen LogP contribution in [0, 0.1) is 0 Å². The molecular weight excluding hydrogens is 248 g/mol. The molecule has 0 fully saturated rings. The van der Waals surface area contributed by atoms with Crippen LogP contribution in [-0.2, 0) is 6.42 Å². The minimum atomic E-state index is 0. The van der Waals surface area contributed by atoms with Crippen molar-refractivity contribution in [1.29, 1.82) is 0 Å². The molecule has 18 heavy (non-hydrogen) atoms. The van der Waals surface area contributed by atoms with Crippen LogP contribution in [0.4, 0.5) is 0 Å². The van der Waals surface area contributed by atoms with Crippen LogP contribution in [0.15, 0.2) is 18.3 Å². The summed E-state index contributed by atoms with van der Waals surface area (Å²) in [6, 6.07) is 4.18. The predicted molar refractivity (Wildman–Crippen MR) is 76.8 cm³/mol. The summed E-state index contributed by atoms with van der Waals surface area (Å²) in [6.45, 7) is 3.69. The number of aromatic amines is 1. The van der Waals surface area contributed by atoms with Crippen molar-refractivity contribution >= 4 is 23.3 Å². The van der Waals surface area contributed by atoms with Gasteiger partial charge in [-0.3, -0.25) is 0 Å². The van der Waals surface area contributed by atoms with Crippen LogP contribution in [0.3, 0.4) is 0 Å². The van der Waals surface area contributed by atoms with Crippen LogP contribution in [0.25, 0.3) is 10.9 Å². The first-order valence-corrected chi connectivity index (χ1v) is 6.27. The van der Waals surface area contributed by atoms with Gasteiger partial charge >= 0.3 is 0 Å². The molecule has 2 aromatic rings. The van der Waals surface area contributed by atoms with E-state index in [0.29, 0.717) is 12.5 Å². The first-order valence-electron chi connectivity index (χ1n) is 6.27. The number of H-pyrrole nitrogens is 1. The molecule has 4 heteroatoms. The van der Waals surface area contributed by atoms with Gasteiger partial charge in [-0.2, -0.15) is 0 Å². The Hall–Kier alpha value is -1.19. The zero-order valence-corrected chi connectivity index (χ0v) is 11.3. The first-order chi connectivity index (χ1) is 8.31. The number of hydrogen-bond donors (Lipinski definition) is 2. The van der Waals surface area contributed by atoms with Gasteiger partial charge in [-0.15, -0.1) is 12.4 Å². The van der Waals surface area contributed by atoms with Gasteiger partial charge in [-0.25, -0.2) is 0 Å². The van der Waals surface area contributed by atoms with Crippen LogP contribution < -0.4 is 10.5 Å². The Bertz CT molecular complexity index is 550. The Morgan fingerprint density at radius 2 is 2.28 bits per heavy atom. The van der Waals surface area contributed by atoms with E-state index in [2.05, 4.69) is 30.2 Å². The van der Waals surface area contributed by atoms with Gasteiger partial charge in [0, 0.05) is 22.7 Å². The summed E-state index contributed by atoms with van der Waals surface area (Å²) in [5.41, 5.74) is 9.66. The van der Waals surface area contributed by atoms with Crippen molar-refractivity contribution in [2.75, 3.05) is 13.2 Å². The summed E-state index contributed by atoms with van der Waals surface area (Å²) < 4.78 is 5.72. The van der Waals surface area contributed by atoms with E-state index in [9.17, 15) is 0 Å². The molecule has 1 aliphatic heterocycles. The minimum absolute atomic E-state index is 0. The standard InChI is InChI=1S/C14H18N2O.ClH/c1-9(7-15)11-8-16-12-4-5-13-10(14(11)12)3-2-6-17-13;/h4-5,8-9,16H,2-3,6-7,15H2,1H3;1H. The number of nitrogens with two attached hydrogens (primary N) is 1. The van der Waals surface area contributed by atoms with Gasteiger partial charge in [-0.05, 0) is 43.0 Å². The Morgan fingerprint density at radius 3 is 3.06 bits per heavy atom. The van der Waals surface area contributed by atoms with E-state index < -0.39 is 0 Å². The third-order valence-corrected chi connectivity index (χ3v) is 3.65. The fraction of sp³-hybridized carbons (Fsp3) is 0.429. The van der Waals surface area contributed by atoms with Crippen LogP contribution >= 0.6 is 12.4 Å². The highest BCUT2D eigenvalue weighted by Gasteiger charge is 2.18. The zero-order chi connectivity index (χ0) is 11.8. The van der Waals surface area contributed by atoms with Crippen molar-refractivity contribution in [2.24, 2.45) is 5.73 Å². The average molecular weight is 267 g/mol. The molecule has 0 radical (unpaired) electrons. The quantitative estimate of drug-likeness (QED) is 0.878. The minimum Gasteiger partial charge on any atom is -0.493 e. The second kappa shape index (κ2) is 5.21. The normalized spacial score (nSPS) is 15.7. The number of aryl methyl sites for hydroxylation is 1. The largest absolute Gasteiger partial charge is 0.493 e. The van der Waals surface area contributed by atoms with Crippen LogP contribution in [0.1, 0.15) is 30.4 Å². The van der Waals surface area contributed by atoms with Gasteiger partial charge in [0.2, 0.25) is 0 Å². The SMILES string of the molecule is CC(CN)c1c[nH]c2ccc3c(c12)CCCO3.Cl. The molecule has 0 saturated heterocycles. The highest BCUT2D eigenvalue weighted by Crippen LogP contribution is 2.36. The molecule has 0 amide bonds. The summed E-state index contributed by atoms with van der Waals surface area (Å²) in [5, 5.41) is 1.33. The highest BCUT2D eigenvalue weighted by molar-refractivity contribution is 5.89. The molecule has 1 aromatic heterocycles. The van der Waals surface area contributed by atoms with Crippen molar-refractivity contribution in [3.05, 3.63) is 29.5 Å². The van der Waals surface area contributed by atoms with E-state index in [0.717, 1.165) is 25.2 Å². The third-order valence-electron chi connectivity index (χ3n) is 3.65. The van der Waals surface area contributed by atoms with E-state index >= 15 is 0 Å². The second-order valence-corrected chi connectivity index (χ2v) is 4.80. The maximum absolute atomic E-state index is 5.79. The van der Waals surface area contributed by atoms with Crippen LogP contribution in [0.2, 0.25) is 0 Å². The predicted octanol–water partition coefficient (Wildman–Crippen LogP) is 2.98. The van der Waals surface area contributed by atoms with E-state index in [4.69, 9.17) is 10.5 Å². The zero-order valence-electron chi connectivity index (χ0n) is 10.5. The Morgan fingerprint density at radius 1 is 1.44 bits per heavy atom. The van der Waals surface area contributed by atoms with Crippen LogP contribution in [0.5, 0.6) is 5.75 Å². The van der Waals surface area contributed by atoms with Gasteiger partial charge in [0.25, 0.3) is 0 Å². The number of hydrogen-bond acceptors (Lipinski definition) is 2. The van der Waals surface area contributed by atoms with E-state index in [1.807, 2.05) is 0 Å². The van der Waals surface area contributed by atoms with Gasteiger partial charge in [0.15, 0.2) is 0 Å². The molecule has 0 bridgehead atoms. The smallest absolute Gasteiger partial charge is 0.123 e. The second-order valence-electron chi connectivity index (χ2n) is 4.80. The number of fused-ring (bicyclic) bond motifs is 3. The Kier molecular flexibility index (Phi) is 3.83. The first kappa shape index (κ1) is 13.2. The van der Waals surface area contributed by atoms with E-state index in [1.54, 1.807) is 0 Å². The summed E-state index contributed by atoms with van der Waals surface area (Å²) in [7, 11) is 0. The summed E-state index contributed by atoms with van der Waals surface area (Å²) in [5.74, 6) is 1.44. The molecule has 1 aromatic carbocycles. The number of rotatable bonds is 2. The summed E-state index contributed by atoms with van der Waals surface area (Å²) in [4.78, 5) is 3.34. The Labute approximate surface area is 113 Å². The monoisotopic (exact) mass is 266 g/mol. The molecule has 3 rings (SSSR count). The molecule has 3 nitrogen and oxygen atoms in total. The van der Waals surface area contributed by atoms with Crippen molar-refractivity contribution in [3.63, 3.8) is 0 Å². The van der Waals surface area contributed by atoms with E-state index in [1.165, 1.54) is 22.0 Å². The molecule has 2 heterocycles. The van der Waals surface area contributed by atoms with Crippen molar-refractivity contribution in [3.8, 4) is 5.75 Å². The lowest BCUT2D eigenvalue weighted by atomic mass is 9.94. The number of nitrogens with one attached hydrogen (secondary N) is 1. The lowest BCUT2D eigenvalue weighted by Crippen LogP contribution is -2.11. The molecule has 0 saturated carbocycles. The molecule has 1 aliphatic rings. The molecule has 3 N–H and O–H groups in total.